The van der Waals surface area contributed by atoms with Gasteiger partial charge in [-0.2, -0.15) is 0 Å². The zero-order chi connectivity index (χ0) is 12.9. The minimum absolute atomic E-state index is 0.106. The molecule has 0 aromatic carbocycles. The molecule has 0 spiro atoms. The van der Waals surface area contributed by atoms with Gasteiger partial charge in [-0.1, -0.05) is 27.7 Å². The standard InChI is InChI=1S/C13H23N3O/c1-6-7-14-12(13(2,3)4)10-8-11(17-5)16-9-15-10/h8-9,12,14H,6-7H2,1-5H3. The molecule has 0 fully saturated rings. The van der Waals surface area contributed by atoms with Crippen LogP contribution in [0.25, 0.3) is 0 Å². The van der Waals surface area contributed by atoms with E-state index in [1.807, 2.05) is 6.07 Å². The molecule has 4 nitrogen and oxygen atoms in total. The summed E-state index contributed by atoms with van der Waals surface area (Å²) in [5, 5.41) is 3.53. The van der Waals surface area contributed by atoms with Crippen LogP contribution in [0.5, 0.6) is 5.88 Å². The van der Waals surface area contributed by atoms with Crippen LogP contribution in [-0.4, -0.2) is 23.6 Å². The molecule has 0 saturated carbocycles. The van der Waals surface area contributed by atoms with Gasteiger partial charge < -0.3 is 10.1 Å². The molecular weight excluding hydrogens is 214 g/mol. The zero-order valence-electron chi connectivity index (χ0n) is 11.4. The summed E-state index contributed by atoms with van der Waals surface area (Å²) in [4.78, 5) is 8.39. The van der Waals surface area contributed by atoms with Crippen LogP contribution in [0.3, 0.4) is 0 Å². The minimum atomic E-state index is 0.106. The Morgan fingerprint density at radius 3 is 2.59 bits per heavy atom. The fraction of sp³-hybridized carbons (Fsp3) is 0.692. The molecule has 1 N–H and O–H groups in total. The Kier molecular flexibility index (Phi) is 4.87. The highest BCUT2D eigenvalue weighted by atomic mass is 16.5. The van der Waals surface area contributed by atoms with Gasteiger partial charge in [0.05, 0.1) is 18.8 Å². The number of ether oxygens (including phenoxy) is 1. The van der Waals surface area contributed by atoms with Gasteiger partial charge in [0.25, 0.3) is 0 Å². The summed E-state index contributed by atoms with van der Waals surface area (Å²) in [5.41, 5.74) is 1.09. The van der Waals surface area contributed by atoms with Gasteiger partial charge in [0.1, 0.15) is 6.33 Å². The molecule has 1 atom stereocenters. The molecule has 1 heterocycles. The predicted molar refractivity (Wildman–Crippen MR) is 69.1 cm³/mol. The minimum Gasteiger partial charge on any atom is -0.481 e. The van der Waals surface area contributed by atoms with E-state index in [-0.39, 0.29) is 11.5 Å². The number of hydrogen-bond donors (Lipinski definition) is 1. The lowest BCUT2D eigenvalue weighted by atomic mass is 9.84. The van der Waals surface area contributed by atoms with Crippen molar-refractivity contribution in [2.24, 2.45) is 5.41 Å². The Morgan fingerprint density at radius 1 is 1.35 bits per heavy atom. The second kappa shape index (κ2) is 5.96. The average Bonchev–Trinajstić information content (AvgIpc) is 2.28. The van der Waals surface area contributed by atoms with Gasteiger partial charge in [0.15, 0.2) is 0 Å². The fourth-order valence-electron chi connectivity index (χ4n) is 1.77. The van der Waals surface area contributed by atoms with Gasteiger partial charge >= 0.3 is 0 Å². The molecule has 0 saturated heterocycles. The van der Waals surface area contributed by atoms with Gasteiger partial charge in [0.2, 0.25) is 5.88 Å². The Hall–Kier alpha value is -1.16. The van der Waals surface area contributed by atoms with E-state index in [0.717, 1.165) is 18.7 Å². The third-order valence-electron chi connectivity index (χ3n) is 2.63. The molecule has 4 heteroatoms. The van der Waals surface area contributed by atoms with Crippen LogP contribution in [0.1, 0.15) is 45.9 Å². The molecule has 0 radical (unpaired) electrons. The van der Waals surface area contributed by atoms with Crippen molar-refractivity contribution in [3.8, 4) is 5.88 Å². The molecule has 1 aromatic rings. The molecule has 0 bridgehead atoms. The molecule has 1 rings (SSSR count). The Balaban J connectivity index is 2.95. The third-order valence-corrected chi connectivity index (χ3v) is 2.63. The van der Waals surface area contributed by atoms with Gasteiger partial charge in [-0.25, -0.2) is 9.97 Å². The first-order valence-corrected chi connectivity index (χ1v) is 6.08. The van der Waals surface area contributed by atoms with Crippen LogP contribution >= 0.6 is 0 Å². The second-order valence-corrected chi connectivity index (χ2v) is 5.24. The summed E-state index contributed by atoms with van der Waals surface area (Å²) in [6.45, 7) is 9.75. The first kappa shape index (κ1) is 13.9. The maximum absolute atomic E-state index is 5.14. The molecule has 0 amide bonds. The van der Waals surface area contributed by atoms with Crippen molar-refractivity contribution >= 4 is 0 Å². The highest BCUT2D eigenvalue weighted by molar-refractivity contribution is 5.18. The maximum atomic E-state index is 5.14. The SMILES string of the molecule is CCCNC(c1cc(OC)ncn1)C(C)(C)C. The van der Waals surface area contributed by atoms with E-state index in [0.29, 0.717) is 5.88 Å². The van der Waals surface area contributed by atoms with Gasteiger partial charge in [-0.05, 0) is 18.4 Å². The number of hydrogen-bond acceptors (Lipinski definition) is 4. The molecule has 1 unspecified atom stereocenters. The fourth-order valence-corrected chi connectivity index (χ4v) is 1.77. The van der Waals surface area contributed by atoms with E-state index in [1.54, 1.807) is 13.4 Å². The lowest BCUT2D eigenvalue weighted by Gasteiger charge is -2.31. The molecular formula is C13H23N3O. The normalized spacial score (nSPS) is 13.5. The van der Waals surface area contributed by atoms with Crippen molar-refractivity contribution in [1.82, 2.24) is 15.3 Å². The Labute approximate surface area is 104 Å². The molecule has 0 aliphatic rings. The first-order valence-electron chi connectivity index (χ1n) is 6.08. The van der Waals surface area contributed by atoms with E-state index in [9.17, 15) is 0 Å². The summed E-state index contributed by atoms with van der Waals surface area (Å²) in [5.74, 6) is 0.613. The molecule has 0 aliphatic carbocycles. The highest BCUT2D eigenvalue weighted by Gasteiger charge is 2.27. The zero-order valence-corrected chi connectivity index (χ0v) is 11.4. The van der Waals surface area contributed by atoms with Crippen LogP contribution in [0.2, 0.25) is 0 Å². The van der Waals surface area contributed by atoms with Crippen molar-refractivity contribution in [2.75, 3.05) is 13.7 Å². The van der Waals surface area contributed by atoms with Gasteiger partial charge in [-0.15, -0.1) is 0 Å². The summed E-state index contributed by atoms with van der Waals surface area (Å²) >= 11 is 0. The average molecular weight is 237 g/mol. The largest absolute Gasteiger partial charge is 0.481 e. The van der Waals surface area contributed by atoms with Crippen molar-refractivity contribution in [3.63, 3.8) is 0 Å². The van der Waals surface area contributed by atoms with Crippen LogP contribution in [0.4, 0.5) is 0 Å². The van der Waals surface area contributed by atoms with Crippen LogP contribution < -0.4 is 10.1 Å². The van der Waals surface area contributed by atoms with E-state index in [4.69, 9.17) is 4.74 Å². The highest BCUT2D eigenvalue weighted by Crippen LogP contribution is 2.32. The Morgan fingerprint density at radius 2 is 2.06 bits per heavy atom. The topological polar surface area (TPSA) is 47.0 Å². The van der Waals surface area contributed by atoms with Crippen molar-refractivity contribution in [3.05, 3.63) is 18.1 Å². The van der Waals surface area contributed by atoms with Crippen LogP contribution in [-0.2, 0) is 0 Å². The number of rotatable bonds is 5. The Bertz CT molecular complexity index is 347. The number of aromatic nitrogens is 2. The van der Waals surface area contributed by atoms with E-state index < -0.39 is 0 Å². The maximum Gasteiger partial charge on any atom is 0.216 e. The summed E-state index contributed by atoms with van der Waals surface area (Å²) in [6.07, 6.45) is 2.66. The van der Waals surface area contributed by atoms with Crippen LogP contribution in [0.15, 0.2) is 12.4 Å². The van der Waals surface area contributed by atoms with E-state index >= 15 is 0 Å². The summed E-state index contributed by atoms with van der Waals surface area (Å²) < 4.78 is 5.14. The molecule has 17 heavy (non-hydrogen) atoms. The molecule has 0 aliphatic heterocycles. The number of methoxy groups -OCH3 is 1. The van der Waals surface area contributed by atoms with Gasteiger partial charge in [0, 0.05) is 6.07 Å². The van der Waals surface area contributed by atoms with Crippen molar-refractivity contribution < 1.29 is 4.74 Å². The predicted octanol–water partition coefficient (Wildman–Crippen LogP) is 2.57. The smallest absolute Gasteiger partial charge is 0.216 e. The number of nitrogens with one attached hydrogen (secondary N) is 1. The van der Waals surface area contributed by atoms with Crippen molar-refractivity contribution in [1.29, 1.82) is 0 Å². The molecule has 1 aromatic heterocycles. The lowest BCUT2D eigenvalue weighted by molar-refractivity contribution is 0.266. The second-order valence-electron chi connectivity index (χ2n) is 5.24. The van der Waals surface area contributed by atoms with Gasteiger partial charge in [-0.3, -0.25) is 0 Å². The van der Waals surface area contributed by atoms with Crippen molar-refractivity contribution in [2.45, 2.75) is 40.2 Å². The van der Waals surface area contributed by atoms with E-state index in [1.165, 1.54) is 0 Å². The lowest BCUT2D eigenvalue weighted by Crippen LogP contribution is -2.33. The summed E-state index contributed by atoms with van der Waals surface area (Å²) in [6, 6.07) is 2.11. The molecule has 96 valence electrons. The monoisotopic (exact) mass is 237 g/mol. The first-order chi connectivity index (χ1) is 7.99. The quantitative estimate of drug-likeness (QED) is 0.855. The third kappa shape index (κ3) is 3.97. The summed E-state index contributed by atoms with van der Waals surface area (Å²) in [7, 11) is 1.62. The van der Waals surface area contributed by atoms with Crippen LogP contribution in [0, 0.1) is 5.41 Å². The number of nitrogens with zero attached hydrogens (tertiary/aromatic N) is 2. The van der Waals surface area contributed by atoms with E-state index in [2.05, 4.69) is 43.0 Å².